The van der Waals surface area contributed by atoms with Crippen molar-refractivity contribution in [3.8, 4) is 6.07 Å². The summed E-state index contributed by atoms with van der Waals surface area (Å²) in [5.74, 6) is -0.458. The van der Waals surface area contributed by atoms with Gasteiger partial charge >= 0.3 is 5.97 Å². The van der Waals surface area contributed by atoms with E-state index in [9.17, 15) is 14.9 Å². The monoisotopic (exact) mass is 477 g/mol. The largest absolute Gasteiger partial charge is 0.438 e. The van der Waals surface area contributed by atoms with Gasteiger partial charge in [0, 0.05) is 24.4 Å². The first kappa shape index (κ1) is 24.4. The summed E-state index contributed by atoms with van der Waals surface area (Å²) in [6.07, 6.45) is -0.375. The first-order valence-electron chi connectivity index (χ1n) is 10.2. The minimum Gasteiger partial charge on any atom is -0.438 e. The Morgan fingerprint density at radius 2 is 1.85 bits per heavy atom. The van der Waals surface area contributed by atoms with Crippen molar-refractivity contribution in [1.82, 2.24) is 0 Å². The van der Waals surface area contributed by atoms with Crippen LogP contribution in [0.5, 0.6) is 0 Å². The van der Waals surface area contributed by atoms with Gasteiger partial charge in [-0.2, -0.15) is 10.4 Å². The molecule has 0 fully saturated rings. The van der Waals surface area contributed by atoms with Gasteiger partial charge in [-0.05, 0) is 49.4 Å². The summed E-state index contributed by atoms with van der Waals surface area (Å²) in [5.41, 5.74) is 1.86. The van der Waals surface area contributed by atoms with Crippen molar-refractivity contribution in [3.63, 3.8) is 0 Å². The molecule has 9 nitrogen and oxygen atoms in total. The lowest BCUT2D eigenvalue weighted by Crippen LogP contribution is -2.37. The van der Waals surface area contributed by atoms with Gasteiger partial charge < -0.3 is 9.64 Å². The molecular formula is C24H20ClN5O4. The molecule has 0 bridgehead atoms. The molecule has 0 radical (unpaired) electrons. The maximum Gasteiger partial charge on any atom is 0.340 e. The number of carbonyl (C=O) groups is 1. The van der Waals surface area contributed by atoms with Crippen molar-refractivity contribution in [2.45, 2.75) is 19.6 Å². The van der Waals surface area contributed by atoms with Crippen molar-refractivity contribution in [2.75, 3.05) is 11.4 Å². The van der Waals surface area contributed by atoms with E-state index in [2.05, 4.69) is 16.3 Å². The molecule has 3 rings (SSSR count). The molecule has 0 saturated carbocycles. The Morgan fingerprint density at radius 3 is 2.47 bits per heavy atom. The van der Waals surface area contributed by atoms with Crippen LogP contribution >= 0.6 is 11.6 Å². The Labute approximate surface area is 201 Å². The number of nitro groups is 1. The molecule has 0 N–H and O–H groups in total. The zero-order valence-electron chi connectivity index (χ0n) is 18.2. The van der Waals surface area contributed by atoms with Crippen LogP contribution in [0, 0.1) is 21.4 Å². The number of esters is 1. The fourth-order valence-electron chi connectivity index (χ4n) is 3.06. The topological polar surface area (TPSA) is 121 Å². The Kier molecular flexibility index (Phi) is 8.26. The maximum atomic E-state index is 12.4. The van der Waals surface area contributed by atoms with Gasteiger partial charge in [-0.3, -0.25) is 10.1 Å². The summed E-state index contributed by atoms with van der Waals surface area (Å²) >= 11 is 6.04. The molecule has 34 heavy (non-hydrogen) atoms. The van der Waals surface area contributed by atoms with Crippen molar-refractivity contribution in [1.29, 1.82) is 5.26 Å². The standard InChI is InChI=1S/C24H20ClN5O4/c1-17(34-24(31)18-6-3-2-4-7-18)29(15-5-14-26)20-10-8-19(9-11-20)27-28-23-13-12-21(30(32)33)16-22(23)25/h2-4,6-13,16-17H,5,15H2,1H3. The summed E-state index contributed by atoms with van der Waals surface area (Å²) in [7, 11) is 0. The SMILES string of the molecule is CC(OC(=O)c1ccccc1)N(CCC#N)c1ccc(N=Nc2ccc([N+](=O)[O-])cc2Cl)cc1. The molecule has 10 heteroatoms. The van der Waals surface area contributed by atoms with Crippen LogP contribution in [0.4, 0.5) is 22.7 Å². The number of carbonyl (C=O) groups excluding carboxylic acids is 1. The van der Waals surface area contributed by atoms with E-state index in [4.69, 9.17) is 21.6 Å². The van der Waals surface area contributed by atoms with Gasteiger partial charge in [-0.1, -0.05) is 29.8 Å². The van der Waals surface area contributed by atoms with Gasteiger partial charge in [0.2, 0.25) is 0 Å². The smallest absolute Gasteiger partial charge is 0.340 e. The summed E-state index contributed by atoms with van der Waals surface area (Å²) < 4.78 is 5.60. The van der Waals surface area contributed by atoms with E-state index in [1.54, 1.807) is 60.4 Å². The molecule has 1 atom stereocenters. The molecule has 172 valence electrons. The molecule has 3 aromatic rings. The van der Waals surface area contributed by atoms with Crippen LogP contribution in [0.25, 0.3) is 0 Å². The number of ether oxygens (including phenoxy) is 1. The van der Waals surface area contributed by atoms with E-state index < -0.39 is 17.1 Å². The molecule has 0 aliphatic rings. The maximum absolute atomic E-state index is 12.4. The summed E-state index contributed by atoms with van der Waals surface area (Å²) in [6.45, 7) is 2.10. The number of nitriles is 1. The number of azo groups is 1. The molecule has 3 aromatic carbocycles. The zero-order chi connectivity index (χ0) is 24.5. The van der Waals surface area contributed by atoms with E-state index in [1.807, 2.05) is 6.07 Å². The molecule has 0 aliphatic carbocycles. The Hall–Kier alpha value is -4.29. The second-order valence-corrected chi connectivity index (χ2v) is 7.49. The minimum absolute atomic E-state index is 0.117. The quantitative estimate of drug-likeness (QED) is 0.113. The Bertz CT molecular complexity index is 1230. The highest BCUT2D eigenvalue weighted by Crippen LogP contribution is 2.31. The van der Waals surface area contributed by atoms with Crippen LogP contribution in [0.1, 0.15) is 23.7 Å². The van der Waals surface area contributed by atoms with E-state index in [0.717, 1.165) is 5.69 Å². The van der Waals surface area contributed by atoms with Gasteiger partial charge in [0.05, 0.1) is 33.7 Å². The third-order valence-corrected chi connectivity index (χ3v) is 5.09. The second-order valence-electron chi connectivity index (χ2n) is 7.08. The zero-order valence-corrected chi connectivity index (χ0v) is 18.9. The number of halogens is 1. The van der Waals surface area contributed by atoms with Crippen LogP contribution in [-0.4, -0.2) is 23.7 Å². The first-order chi connectivity index (χ1) is 16.4. The average molecular weight is 478 g/mol. The molecule has 0 amide bonds. The van der Waals surface area contributed by atoms with Gasteiger partial charge in [-0.15, -0.1) is 5.11 Å². The summed E-state index contributed by atoms with van der Waals surface area (Å²) in [4.78, 5) is 24.5. The predicted molar refractivity (Wildman–Crippen MR) is 128 cm³/mol. The first-order valence-corrected chi connectivity index (χ1v) is 10.6. The summed E-state index contributed by atoms with van der Waals surface area (Å²) in [6, 6.07) is 21.7. The van der Waals surface area contributed by atoms with Gasteiger partial charge in [-0.25, -0.2) is 4.79 Å². The third-order valence-electron chi connectivity index (χ3n) is 4.79. The lowest BCUT2D eigenvalue weighted by molar-refractivity contribution is -0.384. The van der Waals surface area contributed by atoms with Crippen LogP contribution < -0.4 is 4.90 Å². The molecule has 0 aromatic heterocycles. The van der Waals surface area contributed by atoms with Crippen molar-refractivity contribution in [2.24, 2.45) is 10.2 Å². The lowest BCUT2D eigenvalue weighted by Gasteiger charge is -2.30. The fourth-order valence-corrected chi connectivity index (χ4v) is 3.28. The highest BCUT2D eigenvalue weighted by atomic mass is 35.5. The lowest BCUT2D eigenvalue weighted by atomic mass is 10.2. The van der Waals surface area contributed by atoms with Crippen LogP contribution in [0.3, 0.4) is 0 Å². The average Bonchev–Trinajstić information content (AvgIpc) is 2.84. The molecule has 0 aliphatic heterocycles. The van der Waals surface area contributed by atoms with Crippen molar-refractivity contribution < 1.29 is 14.5 Å². The third kappa shape index (κ3) is 6.37. The number of hydrogen-bond acceptors (Lipinski definition) is 8. The van der Waals surface area contributed by atoms with E-state index >= 15 is 0 Å². The molecule has 0 saturated heterocycles. The number of hydrogen-bond donors (Lipinski definition) is 0. The molecule has 1 unspecified atom stereocenters. The number of anilines is 1. The predicted octanol–water partition coefficient (Wildman–Crippen LogP) is 6.59. The molecule has 0 heterocycles. The highest BCUT2D eigenvalue weighted by Gasteiger charge is 2.19. The number of nitro benzene ring substituents is 1. The second kappa shape index (κ2) is 11.5. The van der Waals surface area contributed by atoms with Crippen molar-refractivity contribution >= 4 is 40.3 Å². The van der Waals surface area contributed by atoms with Gasteiger partial charge in [0.15, 0.2) is 6.23 Å². The summed E-state index contributed by atoms with van der Waals surface area (Å²) in [5, 5.41) is 28.1. The highest BCUT2D eigenvalue weighted by molar-refractivity contribution is 6.33. The van der Waals surface area contributed by atoms with Gasteiger partial charge in [0.25, 0.3) is 5.69 Å². The Balaban J connectivity index is 1.73. The van der Waals surface area contributed by atoms with E-state index in [1.165, 1.54) is 18.2 Å². The van der Waals surface area contributed by atoms with Gasteiger partial charge in [0.1, 0.15) is 5.69 Å². The minimum atomic E-state index is -0.618. The molecule has 0 spiro atoms. The van der Waals surface area contributed by atoms with Crippen LogP contribution in [-0.2, 0) is 4.74 Å². The van der Waals surface area contributed by atoms with E-state index in [-0.39, 0.29) is 17.1 Å². The van der Waals surface area contributed by atoms with Crippen LogP contribution in [0.15, 0.2) is 83.0 Å². The normalized spacial score (nSPS) is 11.6. The van der Waals surface area contributed by atoms with Crippen LogP contribution in [0.2, 0.25) is 5.02 Å². The number of nitrogens with zero attached hydrogens (tertiary/aromatic N) is 5. The number of rotatable bonds is 9. The fraction of sp³-hybridized carbons (Fsp3) is 0.167. The Morgan fingerprint density at radius 1 is 1.15 bits per heavy atom. The number of benzene rings is 3. The number of non-ortho nitro benzene ring substituents is 1. The van der Waals surface area contributed by atoms with E-state index in [0.29, 0.717) is 23.5 Å². The van der Waals surface area contributed by atoms with Crippen molar-refractivity contribution in [3.05, 3.63) is 93.5 Å². The molecular weight excluding hydrogens is 458 g/mol.